The second-order valence-electron chi connectivity index (χ2n) is 7.97. The fraction of sp³-hybridized carbons (Fsp3) is 0.292. The molecule has 0 saturated carbocycles. The predicted octanol–water partition coefficient (Wildman–Crippen LogP) is 4.01. The molecule has 1 aliphatic heterocycles. The highest BCUT2D eigenvalue weighted by molar-refractivity contribution is 6.30. The number of aryl methyl sites for hydroxylation is 1. The summed E-state index contributed by atoms with van der Waals surface area (Å²) in [5.74, 6) is 1.04. The van der Waals surface area contributed by atoms with E-state index in [0.29, 0.717) is 39.9 Å². The highest BCUT2D eigenvalue weighted by Gasteiger charge is 2.21. The zero-order valence-corrected chi connectivity index (χ0v) is 18.3. The Morgan fingerprint density at radius 2 is 1.97 bits per heavy atom. The summed E-state index contributed by atoms with van der Waals surface area (Å²) < 4.78 is 14.4. The number of fused-ring (bicyclic) bond motifs is 1. The van der Waals surface area contributed by atoms with Crippen LogP contribution in [0.15, 0.2) is 62.5 Å². The van der Waals surface area contributed by atoms with E-state index in [9.17, 15) is 9.59 Å². The third-order valence-electron chi connectivity index (χ3n) is 5.81. The van der Waals surface area contributed by atoms with Gasteiger partial charge in [-0.25, -0.2) is 9.78 Å². The first-order valence-corrected chi connectivity index (χ1v) is 11.0. The molecule has 0 radical (unpaired) electrons. The predicted molar refractivity (Wildman–Crippen MR) is 122 cm³/mol. The van der Waals surface area contributed by atoms with Crippen LogP contribution in [0, 0.1) is 6.92 Å². The molecule has 1 saturated heterocycles. The van der Waals surface area contributed by atoms with Crippen molar-refractivity contribution in [3.8, 4) is 11.5 Å². The van der Waals surface area contributed by atoms with E-state index in [2.05, 4.69) is 4.98 Å². The lowest BCUT2D eigenvalue weighted by Gasteiger charge is -2.16. The van der Waals surface area contributed by atoms with Crippen LogP contribution in [0.3, 0.4) is 0 Å². The fourth-order valence-electron chi connectivity index (χ4n) is 4.15. The molecular weight excluding hydrogens is 430 g/mol. The maximum Gasteiger partial charge on any atom is 0.331 e. The summed E-state index contributed by atoms with van der Waals surface area (Å²) in [4.78, 5) is 31.1. The van der Waals surface area contributed by atoms with Gasteiger partial charge < -0.3 is 9.15 Å². The van der Waals surface area contributed by atoms with Crippen molar-refractivity contribution in [3.63, 3.8) is 0 Å². The number of oxazole rings is 1. The molecule has 0 bridgehead atoms. The normalized spacial score (nSPS) is 16.1. The summed E-state index contributed by atoms with van der Waals surface area (Å²) in [5, 5.41) is 1.07. The van der Waals surface area contributed by atoms with Gasteiger partial charge in [0.25, 0.3) is 5.56 Å². The van der Waals surface area contributed by atoms with Crippen LogP contribution in [0.4, 0.5) is 0 Å². The molecule has 8 heteroatoms. The first-order valence-electron chi connectivity index (χ1n) is 10.6. The Balaban J connectivity index is 1.60. The van der Waals surface area contributed by atoms with Crippen LogP contribution in [-0.2, 0) is 17.8 Å². The first kappa shape index (κ1) is 20.7. The zero-order valence-electron chi connectivity index (χ0n) is 17.6. The van der Waals surface area contributed by atoms with E-state index >= 15 is 0 Å². The van der Waals surface area contributed by atoms with Gasteiger partial charge in [0, 0.05) is 17.2 Å². The zero-order chi connectivity index (χ0) is 22.2. The van der Waals surface area contributed by atoms with Crippen molar-refractivity contribution in [2.45, 2.75) is 39.0 Å². The third kappa shape index (κ3) is 3.78. The Morgan fingerprint density at radius 1 is 1.12 bits per heavy atom. The van der Waals surface area contributed by atoms with Crippen LogP contribution in [0.2, 0.25) is 5.02 Å². The lowest BCUT2D eigenvalue weighted by molar-refractivity contribution is 0.0948. The number of para-hydroxylation sites is 1. The molecule has 1 aliphatic rings. The molecule has 1 atom stereocenters. The van der Waals surface area contributed by atoms with Gasteiger partial charge in [0.05, 0.1) is 30.1 Å². The highest BCUT2D eigenvalue weighted by Crippen LogP contribution is 2.25. The minimum Gasteiger partial charge on any atom is -0.441 e. The average molecular weight is 452 g/mol. The molecule has 32 heavy (non-hydrogen) atoms. The molecular formula is C24H22ClN3O4. The third-order valence-corrected chi connectivity index (χ3v) is 6.05. The number of aromatic nitrogens is 3. The van der Waals surface area contributed by atoms with Crippen LogP contribution in [-0.4, -0.2) is 26.8 Å². The van der Waals surface area contributed by atoms with E-state index in [1.54, 1.807) is 34.9 Å². The molecule has 0 N–H and O–H groups in total. The molecule has 5 rings (SSSR count). The molecule has 0 amide bonds. The Bertz CT molecular complexity index is 1410. The van der Waals surface area contributed by atoms with Crippen molar-refractivity contribution in [3.05, 3.63) is 85.8 Å². The Labute approximate surface area is 188 Å². The number of hydrogen-bond acceptors (Lipinski definition) is 5. The van der Waals surface area contributed by atoms with Gasteiger partial charge in [-0.1, -0.05) is 29.8 Å². The van der Waals surface area contributed by atoms with Crippen molar-refractivity contribution in [2.24, 2.45) is 0 Å². The van der Waals surface area contributed by atoms with Crippen LogP contribution < -0.4 is 11.2 Å². The number of nitrogens with zero attached hydrogens (tertiary/aromatic N) is 3. The van der Waals surface area contributed by atoms with Crippen molar-refractivity contribution in [2.75, 3.05) is 6.61 Å². The molecule has 164 valence electrons. The first-order chi connectivity index (χ1) is 15.5. The summed E-state index contributed by atoms with van der Waals surface area (Å²) in [7, 11) is 0. The van der Waals surface area contributed by atoms with Gasteiger partial charge in [-0.05, 0) is 50.1 Å². The van der Waals surface area contributed by atoms with Crippen LogP contribution in [0.5, 0.6) is 0 Å². The highest BCUT2D eigenvalue weighted by atomic mass is 35.5. The van der Waals surface area contributed by atoms with Gasteiger partial charge in [0.15, 0.2) is 0 Å². The van der Waals surface area contributed by atoms with Gasteiger partial charge >= 0.3 is 5.69 Å². The SMILES string of the molecule is Cc1oc(-c2cccc(Cl)c2)nc1Cn1c(=O)n(C[C@H]2CCCO2)c(=O)c2ccccc21. The molecule has 0 unspecified atom stereocenters. The smallest absolute Gasteiger partial charge is 0.331 e. The molecule has 4 aromatic rings. The van der Waals surface area contributed by atoms with E-state index in [0.717, 1.165) is 18.4 Å². The van der Waals surface area contributed by atoms with Gasteiger partial charge in [-0.15, -0.1) is 0 Å². The number of ether oxygens (including phenoxy) is 1. The number of rotatable bonds is 5. The summed E-state index contributed by atoms with van der Waals surface area (Å²) in [6.45, 7) is 2.90. The van der Waals surface area contributed by atoms with Crippen LogP contribution >= 0.6 is 11.6 Å². The largest absolute Gasteiger partial charge is 0.441 e. The van der Waals surface area contributed by atoms with E-state index < -0.39 is 0 Å². The van der Waals surface area contributed by atoms with Gasteiger partial charge in [-0.3, -0.25) is 13.9 Å². The van der Waals surface area contributed by atoms with Crippen molar-refractivity contribution in [1.29, 1.82) is 0 Å². The van der Waals surface area contributed by atoms with Crippen molar-refractivity contribution in [1.82, 2.24) is 14.1 Å². The monoisotopic (exact) mass is 451 g/mol. The summed E-state index contributed by atoms with van der Waals surface area (Å²) >= 11 is 6.10. The lowest BCUT2D eigenvalue weighted by atomic mass is 10.2. The molecule has 7 nitrogen and oxygen atoms in total. The molecule has 2 aromatic heterocycles. The standard InChI is InChI=1S/C24H22ClN3O4/c1-15-20(26-22(32-15)16-6-4-7-17(25)12-16)14-27-21-10-3-2-9-19(21)23(29)28(24(27)30)13-18-8-5-11-31-18/h2-4,6-7,9-10,12,18H,5,8,11,13-14H2,1H3/t18-/m1/s1. The maximum atomic E-state index is 13.4. The number of benzene rings is 2. The number of halogens is 1. The van der Waals surface area contributed by atoms with E-state index in [1.165, 1.54) is 4.57 Å². The second kappa shape index (κ2) is 8.41. The van der Waals surface area contributed by atoms with E-state index in [-0.39, 0.29) is 30.4 Å². The quantitative estimate of drug-likeness (QED) is 0.458. The minimum atomic E-state index is -0.379. The van der Waals surface area contributed by atoms with Gasteiger partial charge in [0.2, 0.25) is 5.89 Å². The van der Waals surface area contributed by atoms with Crippen LogP contribution in [0.1, 0.15) is 24.3 Å². The summed E-state index contributed by atoms with van der Waals surface area (Å²) in [6.07, 6.45) is 1.65. The molecule has 3 heterocycles. The Hall–Kier alpha value is -3.16. The van der Waals surface area contributed by atoms with Crippen molar-refractivity contribution >= 4 is 22.5 Å². The molecule has 2 aromatic carbocycles. The Morgan fingerprint density at radius 3 is 2.75 bits per heavy atom. The maximum absolute atomic E-state index is 13.4. The second-order valence-corrected chi connectivity index (χ2v) is 8.41. The molecule has 0 aliphatic carbocycles. The van der Waals surface area contributed by atoms with Crippen molar-refractivity contribution < 1.29 is 9.15 Å². The molecule has 0 spiro atoms. The van der Waals surface area contributed by atoms with Crippen LogP contribution in [0.25, 0.3) is 22.4 Å². The lowest BCUT2D eigenvalue weighted by Crippen LogP contribution is -2.42. The van der Waals surface area contributed by atoms with Gasteiger partial charge in [-0.2, -0.15) is 0 Å². The number of hydrogen-bond donors (Lipinski definition) is 0. The fourth-order valence-corrected chi connectivity index (χ4v) is 4.34. The van der Waals surface area contributed by atoms with E-state index in [1.807, 2.05) is 25.1 Å². The van der Waals surface area contributed by atoms with E-state index in [4.69, 9.17) is 20.8 Å². The average Bonchev–Trinajstić information content (AvgIpc) is 3.44. The molecule has 1 fully saturated rings. The summed E-state index contributed by atoms with van der Waals surface area (Å²) in [6, 6.07) is 14.4. The van der Waals surface area contributed by atoms with Gasteiger partial charge in [0.1, 0.15) is 11.5 Å². The minimum absolute atomic E-state index is 0.127. The summed E-state index contributed by atoms with van der Waals surface area (Å²) in [5.41, 5.74) is 1.27. The Kier molecular flexibility index (Phi) is 5.45. The topological polar surface area (TPSA) is 79.3 Å².